The number of hydrogen-bond donors (Lipinski definition) is 1. The van der Waals surface area contributed by atoms with E-state index < -0.39 is 0 Å². The minimum Gasteiger partial charge on any atom is -0.497 e. The minimum absolute atomic E-state index is 0.134. The fourth-order valence-electron chi connectivity index (χ4n) is 1.89. The lowest BCUT2D eigenvalue weighted by Gasteiger charge is -2.07. The van der Waals surface area contributed by atoms with Crippen LogP contribution in [-0.4, -0.2) is 13.0 Å². The zero-order valence-electron chi connectivity index (χ0n) is 11.6. The molecule has 3 nitrogen and oxygen atoms in total. The predicted octanol–water partition coefficient (Wildman–Crippen LogP) is 4.53. The van der Waals surface area contributed by atoms with Crippen LogP contribution in [0.25, 0.3) is 0 Å². The highest BCUT2D eigenvalue weighted by Crippen LogP contribution is 2.28. The molecule has 2 rings (SSSR count). The highest BCUT2D eigenvalue weighted by atomic mass is 35.5. The van der Waals surface area contributed by atoms with Crippen LogP contribution in [0.3, 0.4) is 0 Å². The Balaban J connectivity index is 2.18. The molecule has 1 aromatic heterocycles. The topological polar surface area (TPSA) is 38.3 Å². The van der Waals surface area contributed by atoms with Gasteiger partial charge in [0.1, 0.15) is 5.75 Å². The molecule has 106 valence electrons. The molecule has 0 bridgehead atoms. The summed E-state index contributed by atoms with van der Waals surface area (Å²) in [5.41, 5.74) is 1.79. The predicted molar refractivity (Wildman–Crippen MR) is 84.4 cm³/mol. The number of benzene rings is 1. The van der Waals surface area contributed by atoms with Gasteiger partial charge in [-0.3, -0.25) is 4.79 Å². The highest BCUT2D eigenvalue weighted by Gasteiger charge is 2.13. The smallest absolute Gasteiger partial charge is 0.265 e. The summed E-state index contributed by atoms with van der Waals surface area (Å²) in [6, 6.07) is 7.11. The number of ether oxygens (including phenoxy) is 1. The van der Waals surface area contributed by atoms with Gasteiger partial charge in [-0.1, -0.05) is 18.5 Å². The number of nitrogens with one attached hydrogen (secondary N) is 1. The Morgan fingerprint density at radius 1 is 1.40 bits per heavy atom. The van der Waals surface area contributed by atoms with Crippen molar-refractivity contribution in [1.82, 2.24) is 0 Å². The summed E-state index contributed by atoms with van der Waals surface area (Å²) in [5.74, 6) is 0.526. The summed E-state index contributed by atoms with van der Waals surface area (Å²) in [6.45, 7) is 4.11. The van der Waals surface area contributed by atoms with Crippen LogP contribution in [-0.2, 0) is 6.42 Å². The van der Waals surface area contributed by atoms with Crippen LogP contribution in [0.5, 0.6) is 5.75 Å². The molecule has 0 aliphatic rings. The zero-order chi connectivity index (χ0) is 14.7. The van der Waals surface area contributed by atoms with Gasteiger partial charge in [-0.25, -0.2) is 0 Å². The van der Waals surface area contributed by atoms with Crippen molar-refractivity contribution in [2.45, 2.75) is 20.3 Å². The van der Waals surface area contributed by atoms with Crippen molar-refractivity contribution in [2.24, 2.45) is 0 Å². The maximum atomic E-state index is 12.2. The molecule has 1 heterocycles. The monoisotopic (exact) mass is 309 g/mol. The Hall–Kier alpha value is -1.52. The van der Waals surface area contributed by atoms with Crippen molar-refractivity contribution in [3.63, 3.8) is 0 Å². The first kappa shape index (κ1) is 14.9. The number of carbonyl (C=O) groups excluding carboxylic acids is 1. The van der Waals surface area contributed by atoms with E-state index in [4.69, 9.17) is 16.3 Å². The molecular weight excluding hydrogens is 294 g/mol. The van der Waals surface area contributed by atoms with Gasteiger partial charge in [0.15, 0.2) is 0 Å². The summed E-state index contributed by atoms with van der Waals surface area (Å²) >= 11 is 7.61. The van der Waals surface area contributed by atoms with E-state index in [-0.39, 0.29) is 5.91 Å². The summed E-state index contributed by atoms with van der Waals surface area (Å²) < 4.78 is 5.08. The van der Waals surface area contributed by atoms with Crippen molar-refractivity contribution in [3.8, 4) is 5.75 Å². The lowest BCUT2D eigenvalue weighted by molar-refractivity contribution is 0.103. The fourth-order valence-corrected chi connectivity index (χ4v) is 3.12. The quantitative estimate of drug-likeness (QED) is 0.901. The molecule has 0 fully saturated rings. The Kier molecular flexibility index (Phi) is 4.68. The molecule has 0 spiro atoms. The number of aryl methyl sites for hydroxylation is 2. The average Bonchev–Trinajstić information content (AvgIpc) is 2.82. The minimum atomic E-state index is -0.134. The van der Waals surface area contributed by atoms with Crippen LogP contribution in [0.4, 0.5) is 5.69 Å². The molecule has 2 aromatic rings. The maximum absolute atomic E-state index is 12.2. The molecular formula is C15H16ClNO2S. The second kappa shape index (κ2) is 6.29. The van der Waals surface area contributed by atoms with Crippen LogP contribution in [0.2, 0.25) is 5.02 Å². The SMILES string of the molecule is CCc1cc(C(=O)Nc2ccc(OC)cc2Cl)sc1C. The molecule has 0 saturated carbocycles. The van der Waals surface area contributed by atoms with Gasteiger partial charge in [0, 0.05) is 10.9 Å². The van der Waals surface area contributed by atoms with Gasteiger partial charge >= 0.3 is 0 Å². The molecule has 0 unspecified atom stereocenters. The van der Waals surface area contributed by atoms with E-state index in [1.807, 2.05) is 13.0 Å². The second-order valence-corrected chi connectivity index (χ2v) is 6.01. The standard InChI is InChI=1S/C15H16ClNO2S/c1-4-10-7-14(20-9(10)2)15(18)17-13-6-5-11(19-3)8-12(13)16/h5-8H,4H2,1-3H3,(H,17,18). The molecule has 5 heteroatoms. The van der Waals surface area contributed by atoms with E-state index in [2.05, 4.69) is 12.2 Å². The Morgan fingerprint density at radius 2 is 2.15 bits per heavy atom. The van der Waals surface area contributed by atoms with Gasteiger partial charge < -0.3 is 10.1 Å². The van der Waals surface area contributed by atoms with Crippen LogP contribution in [0, 0.1) is 6.92 Å². The largest absolute Gasteiger partial charge is 0.497 e. The van der Waals surface area contributed by atoms with Crippen molar-refractivity contribution < 1.29 is 9.53 Å². The van der Waals surface area contributed by atoms with E-state index in [0.29, 0.717) is 21.3 Å². The third-order valence-electron chi connectivity index (χ3n) is 3.05. The van der Waals surface area contributed by atoms with Gasteiger partial charge in [-0.05, 0) is 37.1 Å². The van der Waals surface area contributed by atoms with Crippen LogP contribution < -0.4 is 10.1 Å². The highest BCUT2D eigenvalue weighted by molar-refractivity contribution is 7.14. The van der Waals surface area contributed by atoms with Crippen LogP contribution in [0.1, 0.15) is 27.0 Å². The number of carbonyl (C=O) groups is 1. The summed E-state index contributed by atoms with van der Waals surface area (Å²) in [4.78, 5) is 14.1. The number of anilines is 1. The molecule has 0 radical (unpaired) electrons. The Labute approximate surface area is 127 Å². The molecule has 20 heavy (non-hydrogen) atoms. The van der Waals surface area contributed by atoms with Gasteiger partial charge in [0.2, 0.25) is 0 Å². The van der Waals surface area contributed by atoms with E-state index >= 15 is 0 Å². The van der Waals surface area contributed by atoms with E-state index in [1.165, 1.54) is 21.8 Å². The fraction of sp³-hybridized carbons (Fsp3) is 0.267. The third-order valence-corrected chi connectivity index (χ3v) is 4.45. The van der Waals surface area contributed by atoms with E-state index in [1.54, 1.807) is 25.3 Å². The summed E-state index contributed by atoms with van der Waals surface area (Å²) in [5, 5.41) is 3.29. The number of rotatable bonds is 4. The van der Waals surface area contributed by atoms with E-state index in [0.717, 1.165) is 6.42 Å². The van der Waals surface area contributed by atoms with Crippen LogP contribution >= 0.6 is 22.9 Å². The zero-order valence-corrected chi connectivity index (χ0v) is 13.2. The van der Waals surface area contributed by atoms with Gasteiger partial charge in [0.05, 0.1) is 22.7 Å². The third kappa shape index (κ3) is 3.14. The van der Waals surface area contributed by atoms with E-state index in [9.17, 15) is 4.79 Å². The first-order valence-corrected chi connectivity index (χ1v) is 7.48. The Morgan fingerprint density at radius 3 is 2.70 bits per heavy atom. The van der Waals surface area contributed by atoms with Gasteiger partial charge in [-0.2, -0.15) is 0 Å². The molecule has 1 amide bonds. The lowest BCUT2D eigenvalue weighted by Crippen LogP contribution is -2.10. The lowest BCUT2D eigenvalue weighted by atomic mass is 10.2. The number of hydrogen-bond acceptors (Lipinski definition) is 3. The molecule has 1 N–H and O–H groups in total. The first-order chi connectivity index (χ1) is 9.55. The summed E-state index contributed by atoms with van der Waals surface area (Å²) in [7, 11) is 1.57. The van der Waals surface area contributed by atoms with Crippen molar-refractivity contribution in [2.75, 3.05) is 12.4 Å². The maximum Gasteiger partial charge on any atom is 0.265 e. The average molecular weight is 310 g/mol. The first-order valence-electron chi connectivity index (χ1n) is 6.29. The van der Waals surface area contributed by atoms with Gasteiger partial charge in [0.25, 0.3) is 5.91 Å². The van der Waals surface area contributed by atoms with Crippen LogP contribution in [0.15, 0.2) is 24.3 Å². The van der Waals surface area contributed by atoms with Gasteiger partial charge in [-0.15, -0.1) is 11.3 Å². The van der Waals surface area contributed by atoms with Crippen molar-refractivity contribution in [3.05, 3.63) is 44.6 Å². The molecule has 0 atom stereocenters. The molecule has 0 saturated heterocycles. The number of amides is 1. The normalized spacial score (nSPS) is 10.4. The molecule has 1 aromatic carbocycles. The number of methoxy groups -OCH3 is 1. The molecule has 0 aliphatic carbocycles. The summed E-state index contributed by atoms with van der Waals surface area (Å²) in [6.07, 6.45) is 0.929. The van der Waals surface area contributed by atoms with Crippen molar-refractivity contribution in [1.29, 1.82) is 0 Å². The Bertz CT molecular complexity index is 637. The number of halogens is 1. The van der Waals surface area contributed by atoms with Crippen molar-refractivity contribution >= 4 is 34.5 Å². The molecule has 0 aliphatic heterocycles. The second-order valence-electron chi connectivity index (χ2n) is 4.35. The number of thiophene rings is 1.